The molecule has 0 radical (unpaired) electrons. The first kappa shape index (κ1) is 14.3. The maximum Gasteiger partial charge on any atom is 0.296 e. The predicted octanol–water partition coefficient (Wildman–Crippen LogP) is 3.78. The fourth-order valence-electron chi connectivity index (χ4n) is 1.90. The molecule has 0 aliphatic carbocycles. The van der Waals surface area contributed by atoms with Crippen LogP contribution in [0.5, 0.6) is 0 Å². The van der Waals surface area contributed by atoms with E-state index in [9.17, 15) is 10.1 Å². The number of halogens is 1. The molecule has 1 heterocycles. The van der Waals surface area contributed by atoms with Crippen molar-refractivity contribution in [1.82, 2.24) is 4.98 Å². The number of hydrogen-bond donors (Lipinski definition) is 0. The zero-order valence-electron chi connectivity index (χ0n) is 11.0. The number of hydrogen-bond acceptors (Lipinski definition) is 4. The molecule has 0 N–H and O–H groups in total. The van der Waals surface area contributed by atoms with Crippen LogP contribution in [-0.4, -0.2) is 23.2 Å². The normalized spacial score (nSPS) is 10.9. The van der Waals surface area contributed by atoms with Crippen LogP contribution in [0.15, 0.2) is 39.9 Å². The third kappa shape index (κ3) is 2.91. The van der Waals surface area contributed by atoms with Crippen molar-refractivity contribution >= 4 is 27.8 Å². The van der Waals surface area contributed by atoms with E-state index in [1.807, 2.05) is 25.1 Å². The van der Waals surface area contributed by atoms with Gasteiger partial charge >= 0.3 is 0 Å². The van der Waals surface area contributed by atoms with Gasteiger partial charge in [-0.2, -0.15) is 0 Å². The summed E-state index contributed by atoms with van der Waals surface area (Å²) in [5, 5.41) is 11.1. The van der Waals surface area contributed by atoms with E-state index in [-0.39, 0.29) is 5.69 Å². The molecule has 0 amide bonds. The van der Waals surface area contributed by atoms with Gasteiger partial charge in [0.1, 0.15) is 5.69 Å². The average molecular weight is 334 g/mol. The zero-order valence-corrected chi connectivity index (χ0v) is 12.6. The standard InChI is InChI=1S/C14H12BrN3O2/c1-9-5-10(3-4-11(9)7-16-2)14-13(18(19)20)6-12(15)8-17-14/h3-8H,1-2H3/b16-7-. The predicted molar refractivity (Wildman–Crippen MR) is 82.3 cm³/mol. The monoisotopic (exact) mass is 333 g/mol. The number of aromatic nitrogens is 1. The Labute approximate surface area is 124 Å². The first-order valence-corrected chi connectivity index (χ1v) is 6.65. The molecule has 0 fully saturated rings. The van der Waals surface area contributed by atoms with Gasteiger partial charge in [0.25, 0.3) is 5.69 Å². The minimum Gasteiger partial charge on any atom is -0.296 e. The van der Waals surface area contributed by atoms with Gasteiger partial charge in [0, 0.05) is 35.6 Å². The van der Waals surface area contributed by atoms with Crippen molar-refractivity contribution in [2.24, 2.45) is 4.99 Å². The fourth-order valence-corrected chi connectivity index (χ4v) is 2.22. The first-order chi connectivity index (χ1) is 9.52. The molecule has 1 aromatic carbocycles. The van der Waals surface area contributed by atoms with E-state index in [2.05, 4.69) is 25.9 Å². The highest BCUT2D eigenvalue weighted by atomic mass is 79.9. The van der Waals surface area contributed by atoms with Crippen molar-refractivity contribution in [3.8, 4) is 11.3 Å². The van der Waals surface area contributed by atoms with E-state index in [1.54, 1.807) is 19.5 Å². The Morgan fingerprint density at radius 3 is 2.75 bits per heavy atom. The molecule has 0 aliphatic rings. The van der Waals surface area contributed by atoms with Gasteiger partial charge in [0.15, 0.2) is 0 Å². The summed E-state index contributed by atoms with van der Waals surface area (Å²) in [7, 11) is 1.70. The molecule has 6 heteroatoms. The van der Waals surface area contributed by atoms with Crippen LogP contribution in [0.1, 0.15) is 11.1 Å². The van der Waals surface area contributed by atoms with Crippen LogP contribution in [0.3, 0.4) is 0 Å². The largest absolute Gasteiger partial charge is 0.296 e. The second kappa shape index (κ2) is 5.92. The van der Waals surface area contributed by atoms with E-state index in [4.69, 9.17) is 0 Å². The molecule has 0 saturated carbocycles. The molecule has 0 saturated heterocycles. The Morgan fingerprint density at radius 2 is 2.15 bits per heavy atom. The van der Waals surface area contributed by atoms with Crippen molar-refractivity contribution in [2.45, 2.75) is 6.92 Å². The number of benzene rings is 1. The summed E-state index contributed by atoms with van der Waals surface area (Å²) in [5.41, 5.74) is 3.04. The van der Waals surface area contributed by atoms with Crippen LogP contribution in [0.4, 0.5) is 5.69 Å². The maximum absolute atomic E-state index is 11.1. The molecule has 0 bridgehead atoms. The van der Waals surface area contributed by atoms with Crippen LogP contribution < -0.4 is 0 Å². The van der Waals surface area contributed by atoms with Crippen molar-refractivity contribution in [3.63, 3.8) is 0 Å². The number of nitro groups is 1. The van der Waals surface area contributed by atoms with Crippen molar-refractivity contribution < 1.29 is 4.92 Å². The SMILES string of the molecule is C/N=C\c1ccc(-c2ncc(Br)cc2[N+](=O)[O-])cc1C. The van der Waals surface area contributed by atoms with Gasteiger partial charge in [-0.3, -0.25) is 15.1 Å². The summed E-state index contributed by atoms with van der Waals surface area (Å²) < 4.78 is 0.583. The molecule has 2 rings (SSSR count). The Hall–Kier alpha value is -2.08. The van der Waals surface area contributed by atoms with E-state index in [0.29, 0.717) is 10.2 Å². The molecule has 0 unspecified atom stereocenters. The molecular weight excluding hydrogens is 322 g/mol. The highest BCUT2D eigenvalue weighted by Gasteiger charge is 2.17. The van der Waals surface area contributed by atoms with Gasteiger partial charge in [0.2, 0.25) is 0 Å². The summed E-state index contributed by atoms with van der Waals surface area (Å²) in [6.07, 6.45) is 3.31. The lowest BCUT2D eigenvalue weighted by Gasteiger charge is -2.06. The van der Waals surface area contributed by atoms with E-state index in [0.717, 1.165) is 16.7 Å². The molecule has 0 spiro atoms. The van der Waals surface area contributed by atoms with Gasteiger partial charge in [0.05, 0.1) is 4.92 Å². The quantitative estimate of drug-likeness (QED) is 0.487. The minimum absolute atomic E-state index is 0.0179. The van der Waals surface area contributed by atoms with Crippen LogP contribution in [0.2, 0.25) is 0 Å². The maximum atomic E-state index is 11.1. The van der Waals surface area contributed by atoms with Gasteiger partial charge < -0.3 is 0 Å². The fraction of sp³-hybridized carbons (Fsp3) is 0.143. The van der Waals surface area contributed by atoms with Crippen molar-refractivity contribution in [3.05, 3.63) is 56.2 Å². The number of rotatable bonds is 3. The first-order valence-electron chi connectivity index (χ1n) is 5.86. The number of pyridine rings is 1. The van der Waals surface area contributed by atoms with E-state index in [1.165, 1.54) is 6.07 Å². The molecule has 20 heavy (non-hydrogen) atoms. The lowest BCUT2D eigenvalue weighted by molar-refractivity contribution is -0.384. The summed E-state index contributed by atoms with van der Waals surface area (Å²) in [5.74, 6) is 0. The molecule has 0 atom stereocenters. The van der Waals surface area contributed by atoms with Gasteiger partial charge in [-0.25, -0.2) is 4.98 Å². The average Bonchev–Trinajstić information content (AvgIpc) is 2.41. The third-order valence-corrected chi connectivity index (χ3v) is 3.28. The van der Waals surface area contributed by atoms with Gasteiger partial charge in [-0.1, -0.05) is 12.1 Å². The zero-order chi connectivity index (χ0) is 14.7. The van der Waals surface area contributed by atoms with Crippen LogP contribution in [-0.2, 0) is 0 Å². The lowest BCUT2D eigenvalue weighted by Crippen LogP contribution is -1.96. The molecule has 2 aromatic rings. The van der Waals surface area contributed by atoms with Crippen LogP contribution in [0, 0.1) is 17.0 Å². The van der Waals surface area contributed by atoms with Crippen LogP contribution in [0.25, 0.3) is 11.3 Å². The van der Waals surface area contributed by atoms with Crippen molar-refractivity contribution in [1.29, 1.82) is 0 Å². The smallest absolute Gasteiger partial charge is 0.296 e. The van der Waals surface area contributed by atoms with E-state index < -0.39 is 4.92 Å². The number of aryl methyl sites for hydroxylation is 1. The number of nitrogens with zero attached hydrogens (tertiary/aromatic N) is 3. The molecule has 102 valence electrons. The van der Waals surface area contributed by atoms with Crippen molar-refractivity contribution in [2.75, 3.05) is 7.05 Å². The third-order valence-electron chi connectivity index (χ3n) is 2.84. The Kier molecular flexibility index (Phi) is 4.24. The second-order valence-corrected chi connectivity index (χ2v) is 5.15. The van der Waals surface area contributed by atoms with Gasteiger partial charge in [-0.15, -0.1) is 0 Å². The topological polar surface area (TPSA) is 68.4 Å². The summed E-state index contributed by atoms with van der Waals surface area (Å²) in [4.78, 5) is 18.8. The summed E-state index contributed by atoms with van der Waals surface area (Å²) >= 11 is 3.20. The Balaban J connectivity index is 2.57. The molecule has 5 nitrogen and oxygen atoms in total. The minimum atomic E-state index is -0.427. The lowest BCUT2D eigenvalue weighted by atomic mass is 10.0. The molecular formula is C14H12BrN3O2. The summed E-state index contributed by atoms with van der Waals surface area (Å²) in [6.45, 7) is 1.94. The molecule has 1 aromatic heterocycles. The van der Waals surface area contributed by atoms with E-state index >= 15 is 0 Å². The highest BCUT2D eigenvalue weighted by Crippen LogP contribution is 2.30. The highest BCUT2D eigenvalue weighted by molar-refractivity contribution is 9.10. The van der Waals surface area contributed by atoms with Gasteiger partial charge in [-0.05, 0) is 40.0 Å². The van der Waals surface area contributed by atoms with Crippen LogP contribution >= 0.6 is 15.9 Å². The summed E-state index contributed by atoms with van der Waals surface area (Å²) in [6, 6.07) is 7.03. The second-order valence-electron chi connectivity index (χ2n) is 4.24. The molecule has 0 aliphatic heterocycles. The Bertz CT molecular complexity index is 699. The Morgan fingerprint density at radius 1 is 1.40 bits per heavy atom. The number of aliphatic imine (C=N–C) groups is 1.